The van der Waals surface area contributed by atoms with E-state index in [1.165, 1.54) is 56.1 Å². The quantitative estimate of drug-likeness (QED) is 0.162. The van der Waals surface area contributed by atoms with Gasteiger partial charge in [-0.05, 0) is 133 Å². The van der Waals surface area contributed by atoms with Crippen LogP contribution in [0.2, 0.25) is 0 Å². The Balaban J connectivity index is 0.000000165. The van der Waals surface area contributed by atoms with Crippen molar-refractivity contribution in [3.63, 3.8) is 0 Å². The van der Waals surface area contributed by atoms with Crippen LogP contribution in [-0.4, -0.2) is 43.7 Å². The van der Waals surface area contributed by atoms with Crippen molar-refractivity contribution in [3.8, 4) is 0 Å². The Hall–Kier alpha value is -3.81. The lowest BCUT2D eigenvalue weighted by Crippen LogP contribution is -2.48. The molecule has 0 bridgehead atoms. The second-order valence-corrected chi connectivity index (χ2v) is 17.8. The number of nitrogens with two attached hydrogens (primary N) is 1. The van der Waals surface area contributed by atoms with Crippen molar-refractivity contribution in [2.75, 3.05) is 32.2 Å². The highest BCUT2D eigenvalue weighted by Gasteiger charge is 2.54. The van der Waals surface area contributed by atoms with Crippen LogP contribution in [0.1, 0.15) is 124 Å². The Labute approximate surface area is 340 Å². The Morgan fingerprint density at radius 3 is 1.56 bits per heavy atom. The second-order valence-electron chi connectivity index (χ2n) is 17.8. The van der Waals surface area contributed by atoms with E-state index in [0.29, 0.717) is 17.3 Å². The average molecular weight is 767 g/mol. The van der Waals surface area contributed by atoms with Gasteiger partial charge in [0.15, 0.2) is 11.6 Å². The molecule has 0 aromatic heterocycles. The van der Waals surface area contributed by atoms with Crippen LogP contribution in [0.15, 0.2) is 102 Å². The number of nitrogens with zero attached hydrogens (tertiary/aromatic N) is 1. The number of fused-ring (bicyclic) bond motifs is 6. The standard InChI is InChI=1S/C32H35NO2.C19H27NO2/c1-2-31-18-19-32(34-20-21-35-32)23-27(31)15-9-14-26-22-28(16-17-29(26)31)33-30(24-10-5-3-6-11-24)25-12-7-4-8-13-25;1-2-18-8-9-19(21-10-11-22-19)13-15(18)5-3-4-14-12-16(20)6-7-17(14)18/h3-8,10-13,16-17,22,27H,2,9,14-15,18-21,23H2,1H3;6-7,12,15H,2-5,8-11,13,20H2,1H3/t27-,31+;15-,18+/m00/s1. The molecule has 2 aliphatic heterocycles. The van der Waals surface area contributed by atoms with Crippen molar-refractivity contribution >= 4 is 17.1 Å². The summed E-state index contributed by atoms with van der Waals surface area (Å²) < 4.78 is 24.4. The molecule has 57 heavy (non-hydrogen) atoms. The summed E-state index contributed by atoms with van der Waals surface area (Å²) in [6.45, 7) is 7.75. The topological polar surface area (TPSA) is 75.3 Å². The van der Waals surface area contributed by atoms with Crippen molar-refractivity contribution in [2.45, 2.75) is 126 Å². The van der Waals surface area contributed by atoms with E-state index < -0.39 is 0 Å². The number of ether oxygens (including phenoxy) is 4. The summed E-state index contributed by atoms with van der Waals surface area (Å²) in [6.07, 6.45) is 16.1. The highest BCUT2D eigenvalue weighted by Crippen LogP contribution is 2.57. The summed E-state index contributed by atoms with van der Waals surface area (Å²) in [6, 6.07) is 34.7. The summed E-state index contributed by atoms with van der Waals surface area (Å²) in [7, 11) is 0. The molecule has 300 valence electrons. The first-order valence-corrected chi connectivity index (χ1v) is 22.2. The molecule has 2 heterocycles. The van der Waals surface area contributed by atoms with Crippen molar-refractivity contribution < 1.29 is 18.9 Å². The van der Waals surface area contributed by atoms with E-state index in [1.807, 2.05) is 0 Å². The van der Waals surface area contributed by atoms with E-state index >= 15 is 0 Å². The number of rotatable bonds is 5. The minimum Gasteiger partial charge on any atom is -0.399 e. The first-order valence-electron chi connectivity index (χ1n) is 22.2. The van der Waals surface area contributed by atoms with E-state index in [2.05, 4.69) is 111 Å². The predicted molar refractivity (Wildman–Crippen MR) is 229 cm³/mol. The van der Waals surface area contributed by atoms with Crippen molar-refractivity contribution in [3.05, 3.63) is 130 Å². The Morgan fingerprint density at radius 1 is 0.596 bits per heavy atom. The van der Waals surface area contributed by atoms with Crippen molar-refractivity contribution in [2.24, 2.45) is 16.8 Å². The number of aliphatic imine (C=N–C) groups is 1. The highest BCUT2D eigenvalue weighted by atomic mass is 16.7. The van der Waals surface area contributed by atoms with E-state index in [1.54, 1.807) is 11.1 Å². The minimum absolute atomic E-state index is 0.219. The predicted octanol–water partition coefficient (Wildman–Crippen LogP) is 11.2. The minimum atomic E-state index is -0.321. The zero-order chi connectivity index (χ0) is 38.9. The van der Waals surface area contributed by atoms with Crippen LogP contribution in [0.4, 0.5) is 11.4 Å². The number of aryl methyl sites for hydroxylation is 2. The molecule has 0 unspecified atom stereocenters. The third-order valence-corrected chi connectivity index (χ3v) is 15.1. The van der Waals surface area contributed by atoms with Gasteiger partial charge in [0, 0.05) is 42.5 Å². The van der Waals surface area contributed by atoms with Crippen LogP contribution in [0.25, 0.3) is 0 Å². The van der Waals surface area contributed by atoms with E-state index in [0.717, 1.165) is 99.6 Å². The molecule has 10 rings (SSSR count). The molecule has 2 saturated carbocycles. The van der Waals surface area contributed by atoms with Gasteiger partial charge in [0.05, 0.1) is 37.8 Å². The monoisotopic (exact) mass is 766 g/mol. The molecule has 0 radical (unpaired) electrons. The molecule has 0 amide bonds. The fourth-order valence-electron chi connectivity index (χ4n) is 12.2. The Bertz CT molecular complexity index is 1990. The van der Waals surface area contributed by atoms with E-state index in [4.69, 9.17) is 29.7 Å². The molecule has 6 heteroatoms. The Kier molecular flexibility index (Phi) is 10.9. The maximum atomic E-state index is 6.16. The highest BCUT2D eigenvalue weighted by molar-refractivity contribution is 6.13. The van der Waals surface area contributed by atoms with Gasteiger partial charge in [0.2, 0.25) is 0 Å². The molecule has 6 aliphatic rings. The second kappa shape index (κ2) is 16.1. The van der Waals surface area contributed by atoms with E-state index in [-0.39, 0.29) is 17.0 Å². The van der Waals surface area contributed by atoms with Gasteiger partial charge < -0.3 is 24.7 Å². The lowest BCUT2D eigenvalue weighted by molar-refractivity contribution is -0.199. The molecule has 4 aliphatic carbocycles. The van der Waals surface area contributed by atoms with Crippen LogP contribution in [0.3, 0.4) is 0 Å². The first kappa shape index (κ1) is 38.7. The smallest absolute Gasteiger partial charge is 0.168 e. The van der Waals surface area contributed by atoms with Gasteiger partial charge >= 0.3 is 0 Å². The third-order valence-electron chi connectivity index (χ3n) is 15.1. The van der Waals surface area contributed by atoms with Gasteiger partial charge in [0.1, 0.15) is 0 Å². The van der Waals surface area contributed by atoms with Gasteiger partial charge in [-0.1, -0.05) is 86.6 Å². The van der Waals surface area contributed by atoms with Crippen LogP contribution in [-0.2, 0) is 42.6 Å². The SMILES string of the molecule is CC[C@@]12CCC3(C[C@@H]1CCCc1cc(N)ccc12)OCCO3.CC[C@@]12CCC3(C[C@@H]1CCCc1cc(N=C(c4ccccc4)c4ccccc4)ccc12)OCCO3. The zero-order valence-corrected chi connectivity index (χ0v) is 34.3. The maximum Gasteiger partial charge on any atom is 0.168 e. The largest absolute Gasteiger partial charge is 0.399 e. The van der Waals surface area contributed by atoms with Gasteiger partial charge in [0.25, 0.3) is 0 Å². The number of hydrogen-bond donors (Lipinski definition) is 1. The van der Waals surface area contributed by atoms with E-state index in [9.17, 15) is 0 Å². The van der Waals surface area contributed by atoms with Gasteiger partial charge in [-0.15, -0.1) is 0 Å². The molecule has 4 atom stereocenters. The summed E-state index contributed by atoms with van der Waals surface area (Å²) in [4.78, 5) is 5.22. The summed E-state index contributed by atoms with van der Waals surface area (Å²) in [5.41, 5.74) is 17.9. The summed E-state index contributed by atoms with van der Waals surface area (Å²) in [5, 5.41) is 0. The first-order chi connectivity index (χ1) is 27.9. The zero-order valence-electron chi connectivity index (χ0n) is 34.3. The molecule has 2 saturated heterocycles. The fraction of sp³-hybridized carbons (Fsp3) is 0.510. The van der Waals surface area contributed by atoms with Crippen LogP contribution in [0, 0.1) is 11.8 Å². The summed E-state index contributed by atoms with van der Waals surface area (Å²) >= 11 is 0. The number of nitrogen functional groups attached to an aromatic ring is 1. The molecule has 4 aromatic rings. The average Bonchev–Trinajstić information content (AvgIpc) is 3.84. The maximum absolute atomic E-state index is 6.16. The summed E-state index contributed by atoms with van der Waals surface area (Å²) in [5.74, 6) is 0.674. The lowest BCUT2D eigenvalue weighted by Gasteiger charge is -2.49. The molecular weight excluding hydrogens is 705 g/mol. The lowest BCUT2D eigenvalue weighted by atomic mass is 9.59. The number of benzene rings is 4. The molecular formula is C51H62N2O4. The van der Waals surface area contributed by atoms with Crippen molar-refractivity contribution in [1.29, 1.82) is 0 Å². The molecule has 4 fully saturated rings. The third kappa shape index (κ3) is 7.30. The van der Waals surface area contributed by atoms with Gasteiger partial charge in [-0.3, -0.25) is 0 Å². The molecule has 2 N–H and O–H groups in total. The number of hydrogen-bond acceptors (Lipinski definition) is 6. The van der Waals surface area contributed by atoms with Gasteiger partial charge in [-0.2, -0.15) is 0 Å². The van der Waals surface area contributed by atoms with Crippen LogP contribution < -0.4 is 5.73 Å². The van der Waals surface area contributed by atoms with Gasteiger partial charge in [-0.25, -0.2) is 4.99 Å². The Morgan fingerprint density at radius 2 is 1.07 bits per heavy atom. The van der Waals surface area contributed by atoms with Crippen LogP contribution in [0.5, 0.6) is 0 Å². The van der Waals surface area contributed by atoms with Crippen molar-refractivity contribution in [1.82, 2.24) is 0 Å². The molecule has 2 spiro atoms. The number of anilines is 1. The normalized spacial score (nSPS) is 28.1. The van der Waals surface area contributed by atoms with Crippen LogP contribution >= 0.6 is 0 Å². The fourth-order valence-corrected chi connectivity index (χ4v) is 12.2. The molecule has 4 aromatic carbocycles. The molecule has 6 nitrogen and oxygen atoms in total.